The first-order valence-electron chi connectivity index (χ1n) is 29.4. The highest BCUT2D eigenvalue weighted by Crippen LogP contribution is 2.42. The summed E-state index contributed by atoms with van der Waals surface area (Å²) >= 11 is 12.7. The normalized spacial score (nSPS) is 15.9. The quantitative estimate of drug-likeness (QED) is 0.0608. The summed E-state index contributed by atoms with van der Waals surface area (Å²) in [7, 11) is 0. The molecule has 83 heavy (non-hydrogen) atoms. The Labute approximate surface area is 495 Å². The fourth-order valence-electron chi connectivity index (χ4n) is 11.6. The van der Waals surface area contributed by atoms with Crippen LogP contribution in [0.15, 0.2) is 133 Å². The lowest BCUT2D eigenvalue weighted by molar-refractivity contribution is 0.134. The lowest BCUT2D eigenvalue weighted by Gasteiger charge is -2.35. The number of amides is 2. The van der Waals surface area contributed by atoms with E-state index in [1.165, 1.54) is 113 Å². The zero-order valence-corrected chi connectivity index (χ0v) is 48.9. The Hall–Kier alpha value is -7.10. The van der Waals surface area contributed by atoms with Crippen LogP contribution >= 0.6 is 23.2 Å². The van der Waals surface area contributed by atoms with E-state index in [-0.39, 0.29) is 11.6 Å². The van der Waals surface area contributed by atoms with Crippen molar-refractivity contribution in [2.75, 3.05) is 52.5 Å². The van der Waals surface area contributed by atoms with Crippen LogP contribution in [0.3, 0.4) is 0 Å². The summed E-state index contributed by atoms with van der Waals surface area (Å²) in [5.41, 5.74) is 7.99. The van der Waals surface area contributed by atoms with Crippen molar-refractivity contribution in [2.24, 2.45) is 0 Å². The number of rotatable bonds is 21. The van der Waals surface area contributed by atoms with E-state index >= 15 is 0 Å². The third-order valence-corrected chi connectivity index (χ3v) is 16.3. The average molecular weight is 1170 g/mol. The van der Waals surface area contributed by atoms with E-state index in [4.69, 9.17) is 42.1 Å². The van der Waals surface area contributed by atoms with E-state index in [0.717, 1.165) is 92.8 Å². The Morgan fingerprint density at radius 2 is 0.964 bits per heavy atom. The molecular weight excluding hydrogens is 1090 g/mol. The highest BCUT2D eigenvalue weighted by molar-refractivity contribution is 6.31. The van der Waals surface area contributed by atoms with E-state index in [1.54, 1.807) is 9.80 Å². The van der Waals surface area contributed by atoms with Gasteiger partial charge in [-0.25, -0.2) is 18.4 Å². The lowest BCUT2D eigenvalue weighted by Crippen LogP contribution is -2.42. The van der Waals surface area contributed by atoms with Crippen LogP contribution in [0.5, 0.6) is 23.0 Å². The summed E-state index contributed by atoms with van der Waals surface area (Å²) in [6.07, 6.45) is 12.2. The Morgan fingerprint density at radius 1 is 0.542 bits per heavy atom. The van der Waals surface area contributed by atoms with Crippen molar-refractivity contribution in [3.05, 3.63) is 189 Å². The van der Waals surface area contributed by atoms with Crippen LogP contribution in [0.1, 0.15) is 124 Å². The molecule has 5 heterocycles. The van der Waals surface area contributed by atoms with E-state index in [2.05, 4.69) is 34.0 Å². The molecule has 3 aliphatic heterocycles. The summed E-state index contributed by atoms with van der Waals surface area (Å²) in [5, 5.41) is 6.92. The SMILES string of the molecule is CC(C)NCCCCCCOc1ccc(C2c3[nH]c4ccc(Cl)cc4c3CCN2C(=O)Oc2ccc(F)cc2)cc1.O=C(Oc1ccc(F)cc1)N1CCc2c([nH]c3ccc(Cl)cc23)C1c1ccc(OCCCCCCN2CCCC2)cc1. The molecule has 2 amide bonds. The van der Waals surface area contributed by atoms with Crippen molar-refractivity contribution in [3.8, 4) is 23.0 Å². The second kappa shape index (κ2) is 28.5. The Kier molecular flexibility index (Phi) is 20.3. The molecule has 0 aliphatic carbocycles. The van der Waals surface area contributed by atoms with Crippen LogP contribution in [0.25, 0.3) is 21.8 Å². The van der Waals surface area contributed by atoms with Gasteiger partial charge in [0.2, 0.25) is 0 Å². The molecule has 3 N–H and O–H groups in total. The van der Waals surface area contributed by atoms with Gasteiger partial charge in [0.05, 0.1) is 13.2 Å². The predicted molar refractivity (Wildman–Crippen MR) is 326 cm³/mol. The first-order chi connectivity index (χ1) is 40.4. The fraction of sp³-hybridized carbons (Fsp3) is 0.373. The number of nitrogens with one attached hydrogen (secondary N) is 3. The highest BCUT2D eigenvalue weighted by atomic mass is 35.5. The topological polar surface area (TPSA) is 124 Å². The van der Waals surface area contributed by atoms with Crippen molar-refractivity contribution in [1.82, 2.24) is 30.0 Å². The number of carbonyl (C=O) groups excluding carboxylic acids is 2. The van der Waals surface area contributed by atoms with Gasteiger partial charge in [0.1, 0.15) is 46.7 Å². The Morgan fingerprint density at radius 3 is 1.41 bits per heavy atom. The third-order valence-electron chi connectivity index (χ3n) is 15.8. The standard InChI is InChI=1S/C34H37ClFN3O3.C33H37ClFN3O3/c35-25-9-16-31-30(23-25)29-17-21-39(34(40)42-28-14-10-26(36)11-15-28)33(32(29)37-31)24-7-12-27(13-8-24)41-22-6-2-1-3-18-38-19-4-5-20-38;1-22(2)36-18-5-3-4-6-20-40-26-12-7-23(8-13-26)32-31-28(29-21-24(34)9-16-30(29)37-31)17-19-38(32)33(39)41-27-14-10-25(35)11-15-27/h7-16,23,33,37H,1-6,17-22H2;7-16,21-22,32,36-37H,3-6,17-20H2,1-2H3. The number of aromatic nitrogens is 2. The van der Waals surface area contributed by atoms with Gasteiger partial charge < -0.3 is 39.1 Å². The third kappa shape index (κ3) is 15.4. The minimum atomic E-state index is -0.493. The van der Waals surface area contributed by atoms with Crippen LogP contribution < -0.4 is 24.3 Å². The number of halogens is 4. The van der Waals surface area contributed by atoms with Gasteiger partial charge in [-0.05, 0) is 209 Å². The molecule has 1 fully saturated rings. The number of fused-ring (bicyclic) bond motifs is 6. The van der Waals surface area contributed by atoms with Gasteiger partial charge in [0.15, 0.2) is 0 Å². The number of aromatic amines is 2. The van der Waals surface area contributed by atoms with Gasteiger partial charge in [0.25, 0.3) is 0 Å². The van der Waals surface area contributed by atoms with E-state index in [0.29, 0.717) is 66.7 Å². The number of benzene rings is 6. The number of likely N-dealkylation sites (tertiary alicyclic amines) is 1. The van der Waals surface area contributed by atoms with Crippen molar-refractivity contribution >= 4 is 57.2 Å². The molecule has 1 saturated heterocycles. The maximum absolute atomic E-state index is 13.5. The maximum Gasteiger partial charge on any atom is 0.416 e. The number of unbranched alkanes of at least 4 members (excludes halogenated alkanes) is 6. The molecule has 16 heteroatoms. The van der Waals surface area contributed by atoms with Crippen molar-refractivity contribution < 1.29 is 37.3 Å². The van der Waals surface area contributed by atoms with Gasteiger partial charge in [-0.15, -0.1) is 0 Å². The smallest absolute Gasteiger partial charge is 0.416 e. The summed E-state index contributed by atoms with van der Waals surface area (Å²) in [4.78, 5) is 40.0. The molecule has 3 aliphatic rings. The highest BCUT2D eigenvalue weighted by Gasteiger charge is 2.37. The molecule has 6 aromatic carbocycles. The molecule has 436 valence electrons. The van der Waals surface area contributed by atoms with Crippen molar-refractivity contribution in [3.63, 3.8) is 0 Å². The van der Waals surface area contributed by atoms with Crippen molar-refractivity contribution in [2.45, 2.75) is 109 Å². The van der Waals surface area contributed by atoms with Crippen LogP contribution in [0, 0.1) is 11.6 Å². The second-order valence-corrected chi connectivity index (χ2v) is 22.9. The zero-order chi connectivity index (χ0) is 57.7. The van der Waals surface area contributed by atoms with Gasteiger partial charge >= 0.3 is 12.2 Å². The second-order valence-electron chi connectivity index (χ2n) is 22.1. The van der Waals surface area contributed by atoms with Crippen LogP contribution in [-0.4, -0.2) is 95.4 Å². The van der Waals surface area contributed by atoms with E-state index in [9.17, 15) is 18.4 Å². The number of nitrogens with zero attached hydrogens (tertiary/aromatic N) is 3. The molecule has 0 spiro atoms. The minimum absolute atomic E-state index is 0.296. The molecule has 11 rings (SSSR count). The van der Waals surface area contributed by atoms with Gasteiger partial charge in [-0.3, -0.25) is 9.80 Å². The lowest BCUT2D eigenvalue weighted by atomic mass is 9.92. The maximum atomic E-state index is 13.5. The summed E-state index contributed by atoms with van der Waals surface area (Å²) in [6.45, 7) is 11.4. The monoisotopic (exact) mass is 1170 g/mol. The molecule has 0 saturated carbocycles. The molecule has 12 nitrogen and oxygen atoms in total. The van der Waals surface area contributed by atoms with E-state index < -0.39 is 24.3 Å². The summed E-state index contributed by atoms with van der Waals surface area (Å²) in [5.74, 6) is 1.44. The van der Waals surface area contributed by atoms with E-state index in [1.807, 2.05) is 84.9 Å². The first kappa shape index (κ1) is 59.1. The number of H-pyrrole nitrogens is 2. The molecule has 2 unspecified atom stereocenters. The van der Waals surface area contributed by atoms with Crippen LogP contribution in [0.2, 0.25) is 10.0 Å². The summed E-state index contributed by atoms with van der Waals surface area (Å²) in [6, 6.07) is 38.2. The molecule has 2 aromatic heterocycles. The number of ether oxygens (including phenoxy) is 4. The Bertz CT molecular complexity index is 3400. The zero-order valence-electron chi connectivity index (χ0n) is 47.4. The summed E-state index contributed by atoms with van der Waals surface area (Å²) < 4.78 is 50.2. The van der Waals surface area contributed by atoms with Crippen molar-refractivity contribution in [1.29, 1.82) is 0 Å². The molecule has 0 radical (unpaired) electrons. The van der Waals surface area contributed by atoms with Crippen LogP contribution in [0.4, 0.5) is 18.4 Å². The predicted octanol–water partition coefficient (Wildman–Crippen LogP) is 16.2. The fourth-order valence-corrected chi connectivity index (χ4v) is 11.9. The van der Waals surface area contributed by atoms with Gasteiger partial charge in [-0.1, -0.05) is 87.0 Å². The van der Waals surface area contributed by atoms with Gasteiger partial charge in [0, 0.05) is 62.4 Å². The molecule has 2 atom stereocenters. The number of hydrogen-bond donors (Lipinski definition) is 3. The van der Waals surface area contributed by atoms with Crippen LogP contribution in [-0.2, 0) is 12.8 Å². The first-order valence-corrected chi connectivity index (χ1v) is 30.2. The average Bonchev–Trinajstić information content (AvgIpc) is 4.12. The Balaban J connectivity index is 0.000000185. The molecule has 8 aromatic rings. The largest absolute Gasteiger partial charge is 0.494 e. The van der Waals surface area contributed by atoms with Gasteiger partial charge in [-0.2, -0.15) is 0 Å². The molecular formula is C67H74Cl2F2N6O6. The molecule has 0 bridgehead atoms. The number of hydrogen-bond acceptors (Lipinski definition) is 8. The minimum Gasteiger partial charge on any atom is -0.494 e. The number of carbonyl (C=O) groups is 2.